The van der Waals surface area contributed by atoms with Gasteiger partial charge in [-0.3, -0.25) is 4.98 Å². The van der Waals surface area contributed by atoms with Gasteiger partial charge in [-0.2, -0.15) is 13.2 Å². The van der Waals surface area contributed by atoms with E-state index in [1.807, 2.05) is 23.5 Å². The summed E-state index contributed by atoms with van der Waals surface area (Å²) in [5, 5.41) is 6.43. The second-order valence-electron chi connectivity index (χ2n) is 9.87. The molecule has 1 amide bonds. The molecule has 1 aromatic heterocycles. The number of hydrogen-bond acceptors (Lipinski definition) is 9. The van der Waals surface area contributed by atoms with Crippen LogP contribution >= 0.6 is 23.2 Å². The number of ether oxygens (including phenoxy) is 3. The minimum Gasteiger partial charge on any atom is -0.377 e. The van der Waals surface area contributed by atoms with Crippen LogP contribution in [0.2, 0.25) is 10.0 Å². The summed E-state index contributed by atoms with van der Waals surface area (Å²) in [5.74, 6) is -1.91. The fraction of sp³-hybridized carbons (Fsp3) is 0.379. The summed E-state index contributed by atoms with van der Waals surface area (Å²) in [4.78, 5) is 32.9. The van der Waals surface area contributed by atoms with Gasteiger partial charge in [0.1, 0.15) is 5.82 Å². The number of amides is 1. The molecule has 0 unspecified atom stereocenters. The molecule has 0 saturated heterocycles. The summed E-state index contributed by atoms with van der Waals surface area (Å²) in [7, 11) is 2.07. The van der Waals surface area contributed by atoms with Gasteiger partial charge >= 0.3 is 18.2 Å². The van der Waals surface area contributed by atoms with Crippen LogP contribution in [0, 0.1) is 0 Å². The molecule has 4 rings (SSSR count). The number of nitrogens with one attached hydrogen (secondary N) is 2. The Morgan fingerprint density at radius 2 is 1.80 bits per heavy atom. The maximum absolute atomic E-state index is 12.0. The minimum atomic E-state index is -5.24. The number of nitrogens with zero attached hydrogens (tertiary/aromatic N) is 3. The third-order valence-electron chi connectivity index (χ3n) is 6.57. The Kier molecular flexibility index (Phi) is 11.8. The molecule has 3 aromatic rings. The smallest absolute Gasteiger partial charge is 0.377 e. The quantitative estimate of drug-likeness (QED) is 0.153. The van der Waals surface area contributed by atoms with Crippen molar-refractivity contribution in [2.24, 2.45) is 0 Å². The van der Waals surface area contributed by atoms with Crippen molar-refractivity contribution < 1.29 is 37.0 Å². The van der Waals surface area contributed by atoms with Gasteiger partial charge in [-0.15, -0.1) is 0 Å². The molecule has 0 aliphatic carbocycles. The predicted molar refractivity (Wildman–Crippen MR) is 158 cm³/mol. The third-order valence-corrected chi connectivity index (χ3v) is 7.12. The number of fused-ring (bicyclic) bond motifs is 1. The van der Waals surface area contributed by atoms with E-state index in [1.165, 1.54) is 0 Å². The van der Waals surface area contributed by atoms with Crippen molar-refractivity contribution in [1.29, 1.82) is 0 Å². The van der Waals surface area contributed by atoms with Crippen LogP contribution in [0.25, 0.3) is 11.3 Å². The highest BCUT2D eigenvalue weighted by Crippen LogP contribution is 2.39. The first-order valence-corrected chi connectivity index (χ1v) is 14.3. The number of carbonyl (C=O) groups excluding carboxylic acids is 2. The summed E-state index contributed by atoms with van der Waals surface area (Å²) in [5.41, 5.74) is 4.96. The van der Waals surface area contributed by atoms with E-state index >= 15 is 0 Å². The maximum Gasteiger partial charge on any atom is 0.491 e. The molecule has 15 heteroatoms. The summed E-state index contributed by atoms with van der Waals surface area (Å²) in [6.45, 7) is 2.65. The maximum atomic E-state index is 12.0. The van der Waals surface area contributed by atoms with Crippen molar-refractivity contribution in [2.75, 3.05) is 58.4 Å². The van der Waals surface area contributed by atoms with Crippen molar-refractivity contribution in [2.45, 2.75) is 18.6 Å². The van der Waals surface area contributed by atoms with Crippen molar-refractivity contribution in [3.8, 4) is 11.3 Å². The zero-order valence-electron chi connectivity index (χ0n) is 23.6. The average Bonchev–Trinajstić information content (AvgIpc) is 2.98. The SMILES string of the molecule is CN1Cc2c(Cl)cc(Cl)cc2[C@H](c2cccc(-c3cncc(NCCOCCOCCNC(=O)OC(=O)C(F)(F)F)n3)c2)C1. The van der Waals surface area contributed by atoms with E-state index in [4.69, 9.17) is 37.7 Å². The van der Waals surface area contributed by atoms with Crippen LogP contribution in [0.3, 0.4) is 0 Å². The second-order valence-corrected chi connectivity index (χ2v) is 10.7. The van der Waals surface area contributed by atoms with Gasteiger partial charge in [0.15, 0.2) is 0 Å². The summed E-state index contributed by atoms with van der Waals surface area (Å²) in [6.07, 6.45) is -3.42. The number of likely N-dealkylation sites (N-methyl/N-ethyl adjacent to an activating group) is 1. The molecule has 0 saturated carbocycles. The summed E-state index contributed by atoms with van der Waals surface area (Å²) >= 11 is 12.9. The highest BCUT2D eigenvalue weighted by atomic mass is 35.5. The van der Waals surface area contributed by atoms with Gasteiger partial charge < -0.3 is 29.7 Å². The lowest BCUT2D eigenvalue weighted by Crippen LogP contribution is -2.35. The fourth-order valence-corrected chi connectivity index (χ4v) is 5.18. The molecule has 10 nitrogen and oxygen atoms in total. The number of benzene rings is 2. The van der Waals surface area contributed by atoms with Gasteiger partial charge in [-0.25, -0.2) is 14.6 Å². The van der Waals surface area contributed by atoms with Gasteiger partial charge in [0.2, 0.25) is 0 Å². The first kappa shape index (κ1) is 33.4. The molecule has 2 N–H and O–H groups in total. The van der Waals surface area contributed by atoms with Crippen molar-refractivity contribution in [3.05, 3.63) is 75.5 Å². The van der Waals surface area contributed by atoms with Crippen LogP contribution in [0.5, 0.6) is 0 Å². The first-order valence-electron chi connectivity index (χ1n) is 13.6. The molecule has 0 bridgehead atoms. The zero-order chi connectivity index (χ0) is 31.7. The Balaban J connectivity index is 1.20. The molecule has 1 aliphatic rings. The topological polar surface area (TPSA) is 115 Å². The van der Waals surface area contributed by atoms with E-state index in [1.54, 1.807) is 18.5 Å². The van der Waals surface area contributed by atoms with E-state index in [-0.39, 0.29) is 32.3 Å². The van der Waals surface area contributed by atoms with Crippen molar-refractivity contribution in [3.63, 3.8) is 0 Å². The van der Waals surface area contributed by atoms with E-state index in [9.17, 15) is 22.8 Å². The van der Waals surface area contributed by atoms with Gasteiger partial charge in [0.25, 0.3) is 0 Å². The van der Waals surface area contributed by atoms with E-state index in [0.717, 1.165) is 35.3 Å². The molecule has 2 aromatic carbocycles. The normalized spacial score (nSPS) is 15.0. The third kappa shape index (κ3) is 9.50. The molecule has 1 aliphatic heterocycles. The largest absolute Gasteiger partial charge is 0.491 e. The number of aromatic nitrogens is 2. The van der Waals surface area contributed by atoms with Crippen molar-refractivity contribution in [1.82, 2.24) is 20.2 Å². The number of esters is 1. The molecule has 0 radical (unpaired) electrons. The zero-order valence-corrected chi connectivity index (χ0v) is 25.1. The number of anilines is 1. The number of rotatable bonds is 12. The molecule has 44 heavy (non-hydrogen) atoms. The van der Waals surface area contributed by atoms with Crippen LogP contribution < -0.4 is 10.6 Å². The van der Waals surface area contributed by atoms with Gasteiger partial charge in [-0.05, 0) is 41.9 Å². The fourth-order valence-electron chi connectivity index (χ4n) is 4.61. The highest BCUT2D eigenvalue weighted by molar-refractivity contribution is 6.35. The number of carbonyl (C=O) groups is 2. The lowest BCUT2D eigenvalue weighted by molar-refractivity contribution is -0.192. The van der Waals surface area contributed by atoms with Crippen LogP contribution in [0.15, 0.2) is 48.8 Å². The molecule has 2 heterocycles. The molecule has 0 fully saturated rings. The summed E-state index contributed by atoms with van der Waals surface area (Å²) < 4.78 is 50.4. The van der Waals surface area contributed by atoms with E-state index in [0.29, 0.717) is 34.7 Å². The second kappa shape index (κ2) is 15.5. The lowest BCUT2D eigenvalue weighted by Gasteiger charge is -2.33. The number of hydrogen-bond donors (Lipinski definition) is 2. The number of halogens is 5. The van der Waals surface area contributed by atoms with Crippen LogP contribution in [-0.2, 0) is 25.5 Å². The number of alkyl halides is 3. The molecular weight excluding hydrogens is 626 g/mol. The monoisotopic (exact) mass is 655 g/mol. The van der Waals surface area contributed by atoms with E-state index < -0.39 is 18.2 Å². The number of alkyl carbamates (subject to hydrolysis) is 1. The summed E-state index contributed by atoms with van der Waals surface area (Å²) in [6, 6.07) is 12.0. The molecule has 236 valence electrons. The Hall–Kier alpha value is -3.49. The van der Waals surface area contributed by atoms with Crippen molar-refractivity contribution >= 4 is 41.1 Å². The molecule has 1 atom stereocenters. The van der Waals surface area contributed by atoms with Crippen LogP contribution in [0.1, 0.15) is 22.6 Å². The molecular formula is C29H30Cl2F3N5O5. The van der Waals surface area contributed by atoms with Crippen LogP contribution in [-0.4, -0.2) is 86.2 Å². The Bertz CT molecular complexity index is 1460. The van der Waals surface area contributed by atoms with Crippen LogP contribution in [0.4, 0.5) is 23.8 Å². The highest BCUT2D eigenvalue weighted by Gasteiger charge is 2.42. The minimum absolute atomic E-state index is 0.00799. The Morgan fingerprint density at radius 3 is 2.55 bits per heavy atom. The van der Waals surface area contributed by atoms with Gasteiger partial charge in [0, 0.05) is 47.7 Å². The Labute approximate surface area is 261 Å². The van der Waals surface area contributed by atoms with Gasteiger partial charge in [-0.1, -0.05) is 41.4 Å². The Morgan fingerprint density at radius 1 is 1.05 bits per heavy atom. The first-order chi connectivity index (χ1) is 21.0. The average molecular weight is 656 g/mol. The van der Waals surface area contributed by atoms with Gasteiger partial charge in [0.05, 0.1) is 44.5 Å². The standard InChI is InChI=1S/C29H30Cl2F3N5O5/c1-39-16-22(21-12-20(30)13-24(31)23(21)17-39)18-3-2-4-19(11-18)25-14-35-15-26(38-25)36-5-7-42-9-10-43-8-6-37-28(41)44-27(40)29(32,33)34/h2-4,11-15,22H,5-10,16-17H2,1H3,(H,36,38)(H,37,41)/t22-/m0/s1. The lowest BCUT2D eigenvalue weighted by atomic mass is 9.84. The van der Waals surface area contributed by atoms with E-state index in [2.05, 4.69) is 39.1 Å². The predicted octanol–water partition coefficient (Wildman–Crippen LogP) is 5.29. The molecule has 0 spiro atoms.